The van der Waals surface area contributed by atoms with E-state index < -0.39 is 10.0 Å². The number of aromatic nitrogens is 1. The molecule has 0 amide bonds. The first-order valence-corrected chi connectivity index (χ1v) is 8.55. The topological polar surface area (TPSA) is 82.3 Å². The molecule has 6 nitrogen and oxygen atoms in total. The van der Waals surface area contributed by atoms with Crippen LogP contribution in [0.3, 0.4) is 0 Å². The number of thiazole rings is 1. The van der Waals surface area contributed by atoms with Gasteiger partial charge in [0.2, 0.25) is 0 Å². The highest BCUT2D eigenvalue weighted by Crippen LogP contribution is 2.17. The number of anilines is 1. The van der Waals surface area contributed by atoms with E-state index >= 15 is 0 Å². The zero-order valence-electron chi connectivity index (χ0n) is 12.0. The minimum Gasteiger partial charge on any atom is -0.378 e. The Morgan fingerprint density at radius 1 is 1.24 bits per heavy atom. The van der Waals surface area contributed by atoms with Gasteiger partial charge in [-0.2, -0.15) is 0 Å². The molecule has 0 aliphatic heterocycles. The molecule has 0 aliphatic rings. The summed E-state index contributed by atoms with van der Waals surface area (Å²) in [4.78, 5) is 15.3. The fraction of sp³-hybridized carbons (Fsp3) is 0.308. The number of sulfonamides is 1. The van der Waals surface area contributed by atoms with Gasteiger partial charge in [-0.05, 0) is 24.6 Å². The van der Waals surface area contributed by atoms with Crippen LogP contribution >= 0.6 is 11.3 Å². The predicted octanol–water partition coefficient (Wildman–Crippen LogP) is 1.29. The van der Waals surface area contributed by atoms with E-state index in [2.05, 4.69) is 9.71 Å². The van der Waals surface area contributed by atoms with Gasteiger partial charge in [-0.25, -0.2) is 13.1 Å². The second kappa shape index (κ2) is 6.00. The number of nitrogens with one attached hydrogen (secondary N) is 2. The lowest BCUT2D eigenvalue weighted by Crippen LogP contribution is -2.23. The number of hydrogen-bond acceptors (Lipinski definition) is 5. The first-order valence-electron chi connectivity index (χ1n) is 6.25. The number of rotatable bonds is 5. The van der Waals surface area contributed by atoms with Crippen LogP contribution in [0.5, 0.6) is 0 Å². The van der Waals surface area contributed by atoms with Gasteiger partial charge in [-0.3, -0.25) is 4.79 Å². The first-order chi connectivity index (χ1) is 9.79. The van der Waals surface area contributed by atoms with E-state index in [9.17, 15) is 13.2 Å². The summed E-state index contributed by atoms with van der Waals surface area (Å²) in [7, 11) is 0.210. The standard InChI is InChI=1S/C13H17N3O3S2/c1-9-12(20-13(17)15-9)21(18,19)14-8-10-4-6-11(7-5-10)16(2)3/h4-7,14H,8H2,1-3H3,(H,15,17). The molecule has 0 bridgehead atoms. The van der Waals surface area contributed by atoms with E-state index in [1.807, 2.05) is 43.3 Å². The van der Waals surface area contributed by atoms with Crippen molar-refractivity contribution in [3.05, 3.63) is 45.2 Å². The SMILES string of the molecule is Cc1[nH]c(=O)sc1S(=O)(=O)NCc1ccc(N(C)C)cc1. The van der Waals surface area contributed by atoms with E-state index in [0.717, 1.165) is 11.3 Å². The highest BCUT2D eigenvalue weighted by Gasteiger charge is 2.20. The van der Waals surface area contributed by atoms with Crippen LogP contribution in [0.25, 0.3) is 0 Å². The predicted molar refractivity (Wildman–Crippen MR) is 84.5 cm³/mol. The fourth-order valence-electron chi connectivity index (χ4n) is 1.80. The van der Waals surface area contributed by atoms with Crippen molar-refractivity contribution in [2.75, 3.05) is 19.0 Å². The highest BCUT2D eigenvalue weighted by molar-refractivity contribution is 7.91. The van der Waals surface area contributed by atoms with Crippen molar-refractivity contribution < 1.29 is 8.42 Å². The van der Waals surface area contributed by atoms with Gasteiger partial charge in [0.15, 0.2) is 4.21 Å². The molecular weight excluding hydrogens is 310 g/mol. The number of nitrogens with zero attached hydrogens (tertiary/aromatic N) is 1. The van der Waals surface area contributed by atoms with Gasteiger partial charge in [0.1, 0.15) is 0 Å². The van der Waals surface area contributed by atoms with Gasteiger partial charge in [0.25, 0.3) is 10.0 Å². The molecule has 8 heteroatoms. The maximum absolute atomic E-state index is 12.1. The third-order valence-corrected chi connectivity index (χ3v) is 5.95. The zero-order valence-corrected chi connectivity index (χ0v) is 13.6. The molecule has 114 valence electrons. The molecule has 2 N–H and O–H groups in total. The van der Waals surface area contributed by atoms with Gasteiger partial charge in [-0.1, -0.05) is 23.5 Å². The van der Waals surface area contributed by atoms with E-state index in [4.69, 9.17) is 0 Å². The van der Waals surface area contributed by atoms with Crippen molar-refractivity contribution in [3.8, 4) is 0 Å². The van der Waals surface area contributed by atoms with Gasteiger partial charge in [-0.15, -0.1) is 0 Å². The molecule has 0 spiro atoms. The van der Waals surface area contributed by atoms with Crippen LogP contribution < -0.4 is 14.5 Å². The average Bonchev–Trinajstić information content (AvgIpc) is 2.77. The van der Waals surface area contributed by atoms with Crippen molar-refractivity contribution in [2.24, 2.45) is 0 Å². The second-order valence-electron chi connectivity index (χ2n) is 4.81. The summed E-state index contributed by atoms with van der Waals surface area (Å²) in [5, 5.41) is 0. The maximum atomic E-state index is 12.1. The third kappa shape index (κ3) is 3.72. The zero-order chi connectivity index (χ0) is 15.6. The number of benzene rings is 1. The Bertz CT molecular complexity index is 774. The lowest BCUT2D eigenvalue weighted by Gasteiger charge is -2.12. The first kappa shape index (κ1) is 15.7. The molecule has 21 heavy (non-hydrogen) atoms. The molecule has 0 fully saturated rings. The second-order valence-corrected chi connectivity index (χ2v) is 7.76. The largest absolute Gasteiger partial charge is 0.378 e. The molecule has 2 aromatic rings. The molecule has 0 aliphatic carbocycles. The van der Waals surface area contributed by atoms with E-state index in [1.54, 1.807) is 6.92 Å². The molecule has 0 radical (unpaired) electrons. The Kier molecular flexibility index (Phi) is 4.50. The smallest absolute Gasteiger partial charge is 0.305 e. The van der Waals surface area contributed by atoms with Crippen molar-refractivity contribution >= 4 is 27.0 Å². The Balaban J connectivity index is 2.12. The quantitative estimate of drug-likeness (QED) is 0.867. The van der Waals surface area contributed by atoms with Crippen molar-refractivity contribution in [1.82, 2.24) is 9.71 Å². The number of aromatic amines is 1. The summed E-state index contributed by atoms with van der Waals surface area (Å²) in [5.74, 6) is 0. The number of aryl methyl sites for hydroxylation is 1. The van der Waals surface area contributed by atoms with Crippen LogP contribution in [0, 0.1) is 6.92 Å². The molecule has 1 aromatic carbocycles. The minimum absolute atomic E-state index is 0.0393. The van der Waals surface area contributed by atoms with E-state index in [1.165, 1.54) is 0 Å². The average molecular weight is 327 g/mol. The van der Waals surface area contributed by atoms with Crippen LogP contribution in [0.4, 0.5) is 5.69 Å². The van der Waals surface area contributed by atoms with Crippen LogP contribution in [-0.4, -0.2) is 27.5 Å². The molecule has 1 heterocycles. The van der Waals surface area contributed by atoms with Gasteiger partial charge in [0.05, 0.1) is 0 Å². The minimum atomic E-state index is -3.67. The number of hydrogen-bond donors (Lipinski definition) is 2. The lowest BCUT2D eigenvalue weighted by atomic mass is 10.2. The Morgan fingerprint density at radius 3 is 2.33 bits per heavy atom. The lowest BCUT2D eigenvalue weighted by molar-refractivity contribution is 0.582. The van der Waals surface area contributed by atoms with Gasteiger partial charge >= 0.3 is 4.87 Å². The molecule has 0 atom stereocenters. The van der Waals surface area contributed by atoms with Crippen LogP contribution in [-0.2, 0) is 16.6 Å². The van der Waals surface area contributed by atoms with Gasteiger partial charge in [0, 0.05) is 32.0 Å². The summed E-state index contributed by atoms with van der Waals surface area (Å²) in [6.45, 7) is 1.75. The summed E-state index contributed by atoms with van der Waals surface area (Å²) in [5.41, 5.74) is 2.26. The van der Waals surface area contributed by atoms with Crippen LogP contribution in [0.2, 0.25) is 0 Å². The third-order valence-electron chi connectivity index (χ3n) is 2.94. The van der Waals surface area contributed by atoms with Crippen molar-refractivity contribution in [1.29, 1.82) is 0 Å². The molecule has 0 saturated carbocycles. The van der Waals surface area contributed by atoms with Crippen molar-refractivity contribution in [2.45, 2.75) is 17.7 Å². The summed E-state index contributed by atoms with van der Waals surface area (Å²) in [6.07, 6.45) is 0. The Hall–Kier alpha value is -1.64. The fourth-order valence-corrected chi connectivity index (χ4v) is 4.16. The van der Waals surface area contributed by atoms with E-state index in [0.29, 0.717) is 17.0 Å². The monoisotopic (exact) mass is 327 g/mol. The molecule has 2 rings (SSSR count). The van der Waals surface area contributed by atoms with Gasteiger partial charge < -0.3 is 9.88 Å². The normalized spacial score (nSPS) is 11.6. The molecular formula is C13H17N3O3S2. The summed E-state index contributed by atoms with van der Waals surface area (Å²) >= 11 is 0.695. The van der Waals surface area contributed by atoms with Crippen LogP contribution in [0.15, 0.2) is 33.3 Å². The molecule has 0 unspecified atom stereocenters. The summed E-state index contributed by atoms with van der Waals surface area (Å²) < 4.78 is 26.8. The van der Waals surface area contributed by atoms with Crippen LogP contribution in [0.1, 0.15) is 11.3 Å². The molecule has 0 saturated heterocycles. The highest BCUT2D eigenvalue weighted by atomic mass is 32.2. The Labute approximate surface area is 127 Å². The molecule has 1 aromatic heterocycles. The van der Waals surface area contributed by atoms with Crippen molar-refractivity contribution in [3.63, 3.8) is 0 Å². The van der Waals surface area contributed by atoms with E-state index in [-0.39, 0.29) is 15.6 Å². The number of H-pyrrole nitrogens is 1. The maximum Gasteiger partial charge on any atom is 0.305 e. The summed E-state index contributed by atoms with van der Waals surface area (Å²) in [6, 6.07) is 7.57. The Morgan fingerprint density at radius 2 is 1.86 bits per heavy atom.